The van der Waals surface area contributed by atoms with Gasteiger partial charge in [0.05, 0.1) is 5.56 Å². The molecule has 2 nitrogen and oxygen atoms in total. The van der Waals surface area contributed by atoms with Gasteiger partial charge < -0.3 is 9.84 Å². The van der Waals surface area contributed by atoms with Crippen molar-refractivity contribution in [1.82, 2.24) is 0 Å². The smallest absolute Gasteiger partial charge is 0.419 e. The van der Waals surface area contributed by atoms with Gasteiger partial charge in [-0.3, -0.25) is 0 Å². The first-order valence-electron chi connectivity index (χ1n) is 5.64. The first kappa shape index (κ1) is 14.2. The molecule has 0 amide bonds. The van der Waals surface area contributed by atoms with Crippen LogP contribution < -0.4 is 4.74 Å². The summed E-state index contributed by atoms with van der Waals surface area (Å²) in [5, 5.41) is 9.19. The summed E-state index contributed by atoms with van der Waals surface area (Å²) in [6.45, 7) is 0.0171. The van der Waals surface area contributed by atoms with Crippen LogP contribution in [0.3, 0.4) is 0 Å². The predicted octanol–water partition coefficient (Wildman–Crippen LogP) is 4.13. The standard InChI is InChI=1S/C14H10F4O2/c15-13-11(14(16,17)18)6-10(7-12(13)19)20-8-9-4-2-1-3-5-9/h1-7,19H,8H2. The molecule has 0 aromatic heterocycles. The molecule has 6 heteroatoms. The Morgan fingerprint density at radius 3 is 2.30 bits per heavy atom. The zero-order valence-electron chi connectivity index (χ0n) is 10.1. The molecule has 0 unspecified atom stereocenters. The van der Waals surface area contributed by atoms with Gasteiger partial charge >= 0.3 is 6.18 Å². The fourth-order valence-electron chi connectivity index (χ4n) is 1.61. The van der Waals surface area contributed by atoms with Gasteiger partial charge in [0.25, 0.3) is 0 Å². The van der Waals surface area contributed by atoms with Crippen molar-refractivity contribution in [3.05, 3.63) is 59.4 Å². The number of phenols is 1. The van der Waals surface area contributed by atoms with Crippen LogP contribution in [0.2, 0.25) is 0 Å². The van der Waals surface area contributed by atoms with Crippen molar-refractivity contribution < 1.29 is 27.4 Å². The largest absolute Gasteiger partial charge is 0.505 e. The van der Waals surface area contributed by atoms with E-state index in [1.807, 2.05) is 0 Å². The Labute approximate surface area is 112 Å². The van der Waals surface area contributed by atoms with Crippen LogP contribution in [0.25, 0.3) is 0 Å². The van der Waals surface area contributed by atoms with Gasteiger partial charge in [-0.05, 0) is 11.6 Å². The van der Waals surface area contributed by atoms with E-state index in [-0.39, 0.29) is 12.4 Å². The van der Waals surface area contributed by atoms with E-state index >= 15 is 0 Å². The maximum atomic E-state index is 13.2. The van der Waals surface area contributed by atoms with E-state index in [9.17, 15) is 22.7 Å². The van der Waals surface area contributed by atoms with Crippen molar-refractivity contribution in [1.29, 1.82) is 0 Å². The summed E-state index contributed by atoms with van der Waals surface area (Å²) < 4.78 is 56.0. The van der Waals surface area contributed by atoms with Crippen molar-refractivity contribution in [2.45, 2.75) is 12.8 Å². The normalized spacial score (nSPS) is 11.4. The molecule has 0 aliphatic heterocycles. The maximum Gasteiger partial charge on any atom is 0.419 e. The number of hydrogen-bond donors (Lipinski definition) is 1. The monoisotopic (exact) mass is 286 g/mol. The minimum absolute atomic E-state index is 0.0171. The number of aromatic hydroxyl groups is 1. The minimum atomic E-state index is -4.90. The molecule has 0 saturated heterocycles. The van der Waals surface area contributed by atoms with Crippen LogP contribution in [0.4, 0.5) is 17.6 Å². The van der Waals surface area contributed by atoms with Gasteiger partial charge in [-0.2, -0.15) is 13.2 Å². The summed E-state index contributed by atoms with van der Waals surface area (Å²) in [5.74, 6) is -3.05. The average Bonchev–Trinajstić information content (AvgIpc) is 2.40. The van der Waals surface area contributed by atoms with Gasteiger partial charge in [0.1, 0.15) is 12.4 Å². The lowest BCUT2D eigenvalue weighted by atomic mass is 10.1. The Morgan fingerprint density at radius 1 is 1.05 bits per heavy atom. The Bertz CT molecular complexity index is 594. The molecule has 2 aromatic carbocycles. The molecule has 2 aromatic rings. The van der Waals surface area contributed by atoms with E-state index in [2.05, 4.69) is 0 Å². The minimum Gasteiger partial charge on any atom is -0.505 e. The molecule has 0 aliphatic rings. The van der Waals surface area contributed by atoms with E-state index in [1.165, 1.54) is 0 Å². The summed E-state index contributed by atoms with van der Waals surface area (Å²) in [5.41, 5.74) is -0.814. The average molecular weight is 286 g/mol. The molecule has 0 spiro atoms. The molecular weight excluding hydrogens is 276 g/mol. The van der Waals surface area contributed by atoms with Crippen molar-refractivity contribution >= 4 is 0 Å². The summed E-state index contributed by atoms with van der Waals surface area (Å²) >= 11 is 0. The first-order chi connectivity index (χ1) is 9.38. The topological polar surface area (TPSA) is 29.5 Å². The van der Waals surface area contributed by atoms with Gasteiger partial charge in [-0.1, -0.05) is 30.3 Å². The van der Waals surface area contributed by atoms with Crippen LogP contribution in [0, 0.1) is 5.82 Å². The molecule has 0 radical (unpaired) electrons. The number of alkyl halides is 3. The van der Waals surface area contributed by atoms with Gasteiger partial charge in [0.2, 0.25) is 0 Å². The highest BCUT2D eigenvalue weighted by Crippen LogP contribution is 2.37. The second-order valence-electron chi connectivity index (χ2n) is 4.08. The SMILES string of the molecule is Oc1cc(OCc2ccccc2)cc(C(F)(F)F)c1F. The number of hydrogen-bond acceptors (Lipinski definition) is 2. The lowest BCUT2D eigenvalue weighted by Crippen LogP contribution is -2.09. The molecule has 0 fully saturated rings. The Morgan fingerprint density at radius 2 is 1.70 bits per heavy atom. The van der Waals surface area contributed by atoms with E-state index in [1.54, 1.807) is 30.3 Å². The molecule has 0 bridgehead atoms. The fraction of sp³-hybridized carbons (Fsp3) is 0.143. The van der Waals surface area contributed by atoms with E-state index in [0.29, 0.717) is 6.07 Å². The van der Waals surface area contributed by atoms with Crippen molar-refractivity contribution in [3.8, 4) is 11.5 Å². The Kier molecular flexibility index (Phi) is 3.83. The highest BCUT2D eigenvalue weighted by molar-refractivity contribution is 5.40. The summed E-state index contributed by atoms with van der Waals surface area (Å²) in [6, 6.07) is 10.1. The van der Waals surface area contributed by atoms with Gasteiger partial charge in [0.15, 0.2) is 11.6 Å². The number of halogens is 4. The molecule has 2 rings (SSSR count). The number of benzene rings is 2. The molecule has 1 N–H and O–H groups in total. The number of ether oxygens (including phenoxy) is 1. The molecule has 0 aliphatic carbocycles. The highest BCUT2D eigenvalue weighted by Gasteiger charge is 2.36. The lowest BCUT2D eigenvalue weighted by Gasteiger charge is -2.12. The van der Waals surface area contributed by atoms with Crippen molar-refractivity contribution in [2.75, 3.05) is 0 Å². The lowest BCUT2D eigenvalue weighted by molar-refractivity contribution is -0.140. The zero-order valence-corrected chi connectivity index (χ0v) is 10.1. The van der Waals surface area contributed by atoms with Gasteiger partial charge in [0, 0.05) is 6.07 Å². The Hall–Kier alpha value is -2.24. The van der Waals surface area contributed by atoms with Crippen LogP contribution in [0.1, 0.15) is 11.1 Å². The molecule has 0 heterocycles. The van der Waals surface area contributed by atoms with Crippen LogP contribution >= 0.6 is 0 Å². The Balaban J connectivity index is 2.23. The molecule has 0 atom stereocenters. The number of phenolic OH excluding ortho intramolecular Hbond substituents is 1. The third-order valence-electron chi connectivity index (χ3n) is 2.58. The zero-order chi connectivity index (χ0) is 14.8. The fourth-order valence-corrected chi connectivity index (χ4v) is 1.61. The van der Waals surface area contributed by atoms with Crippen LogP contribution in [0.15, 0.2) is 42.5 Å². The van der Waals surface area contributed by atoms with Gasteiger partial charge in [-0.25, -0.2) is 4.39 Å². The number of rotatable bonds is 3. The second-order valence-corrected chi connectivity index (χ2v) is 4.08. The maximum absolute atomic E-state index is 13.2. The molecule has 20 heavy (non-hydrogen) atoms. The van der Waals surface area contributed by atoms with E-state index in [0.717, 1.165) is 11.6 Å². The third-order valence-corrected chi connectivity index (χ3v) is 2.58. The molecule has 0 saturated carbocycles. The summed E-state index contributed by atoms with van der Waals surface area (Å²) in [4.78, 5) is 0. The third kappa shape index (κ3) is 3.20. The van der Waals surface area contributed by atoms with Crippen molar-refractivity contribution in [3.63, 3.8) is 0 Å². The van der Waals surface area contributed by atoms with Crippen molar-refractivity contribution in [2.24, 2.45) is 0 Å². The van der Waals surface area contributed by atoms with E-state index < -0.39 is 23.3 Å². The van der Waals surface area contributed by atoms with Crippen LogP contribution in [-0.4, -0.2) is 5.11 Å². The van der Waals surface area contributed by atoms with Crippen LogP contribution in [0.5, 0.6) is 11.5 Å². The first-order valence-corrected chi connectivity index (χ1v) is 5.64. The summed E-state index contributed by atoms with van der Waals surface area (Å²) in [6.07, 6.45) is -4.90. The summed E-state index contributed by atoms with van der Waals surface area (Å²) in [7, 11) is 0. The molecular formula is C14H10F4O2. The van der Waals surface area contributed by atoms with E-state index in [4.69, 9.17) is 4.74 Å². The van der Waals surface area contributed by atoms with Gasteiger partial charge in [-0.15, -0.1) is 0 Å². The molecule has 106 valence electrons. The second kappa shape index (κ2) is 5.40. The quantitative estimate of drug-likeness (QED) is 0.860. The van der Waals surface area contributed by atoms with Crippen LogP contribution in [-0.2, 0) is 12.8 Å². The highest BCUT2D eigenvalue weighted by atomic mass is 19.4. The predicted molar refractivity (Wildman–Crippen MR) is 63.8 cm³/mol.